The minimum atomic E-state index is -0.357. The van der Waals surface area contributed by atoms with Crippen LogP contribution in [0.2, 0.25) is 0 Å². The fraction of sp³-hybridized carbons (Fsp3) is 0.273. The molecule has 0 aliphatic rings. The van der Waals surface area contributed by atoms with E-state index in [0.717, 1.165) is 10.9 Å². The molecule has 0 aliphatic heterocycles. The average molecular weight is 219 g/mol. The maximum atomic E-state index is 11.6. The number of pyridine rings is 1. The van der Waals surface area contributed by atoms with Gasteiger partial charge in [0.15, 0.2) is 0 Å². The Balaban J connectivity index is 2.17. The average Bonchev–Trinajstić information content (AvgIpc) is 2.69. The maximum Gasteiger partial charge on any atom is 0.356 e. The van der Waals surface area contributed by atoms with Crippen molar-refractivity contribution in [2.45, 2.75) is 0 Å². The number of hydrogen-bond donors (Lipinski definition) is 1. The lowest BCUT2D eigenvalue weighted by atomic mass is 10.3. The van der Waals surface area contributed by atoms with Gasteiger partial charge in [0.1, 0.15) is 12.4 Å². The van der Waals surface area contributed by atoms with E-state index in [0.29, 0.717) is 5.69 Å². The third-order valence-corrected chi connectivity index (χ3v) is 2.10. The fourth-order valence-corrected chi connectivity index (χ4v) is 1.35. The van der Waals surface area contributed by atoms with Gasteiger partial charge in [0.2, 0.25) is 0 Å². The first-order chi connectivity index (χ1) is 7.66. The van der Waals surface area contributed by atoms with Crippen molar-refractivity contribution in [2.24, 2.45) is 0 Å². The van der Waals surface area contributed by atoms with Gasteiger partial charge in [-0.1, -0.05) is 0 Å². The molecule has 2 aromatic rings. The highest BCUT2D eigenvalue weighted by Gasteiger charge is 2.10. The SMILES string of the molecule is CN(C)COC(=O)c1cc2ccncc2[nH]1. The molecule has 0 bridgehead atoms. The topological polar surface area (TPSA) is 58.2 Å². The van der Waals surface area contributed by atoms with Crippen LogP contribution in [-0.4, -0.2) is 41.7 Å². The van der Waals surface area contributed by atoms with Crippen molar-refractivity contribution in [3.8, 4) is 0 Å². The zero-order valence-electron chi connectivity index (χ0n) is 9.23. The predicted octanol–water partition coefficient (Wildman–Crippen LogP) is 1.24. The van der Waals surface area contributed by atoms with Crippen LogP contribution in [0.25, 0.3) is 10.9 Å². The van der Waals surface area contributed by atoms with Gasteiger partial charge < -0.3 is 9.72 Å². The second-order valence-electron chi connectivity index (χ2n) is 3.79. The van der Waals surface area contributed by atoms with E-state index in [9.17, 15) is 4.79 Å². The summed E-state index contributed by atoms with van der Waals surface area (Å²) in [5.41, 5.74) is 1.28. The van der Waals surface area contributed by atoms with Crippen LogP contribution in [0.3, 0.4) is 0 Å². The van der Waals surface area contributed by atoms with E-state index in [4.69, 9.17) is 4.74 Å². The second kappa shape index (κ2) is 4.32. The minimum absolute atomic E-state index is 0.270. The summed E-state index contributed by atoms with van der Waals surface area (Å²) in [6, 6.07) is 3.60. The van der Waals surface area contributed by atoms with Crippen LogP contribution < -0.4 is 0 Å². The van der Waals surface area contributed by atoms with E-state index in [-0.39, 0.29) is 12.7 Å². The molecule has 2 heterocycles. The molecule has 0 aliphatic carbocycles. The number of aromatic nitrogens is 2. The summed E-state index contributed by atoms with van der Waals surface area (Å²) < 4.78 is 5.05. The highest BCUT2D eigenvalue weighted by atomic mass is 16.5. The predicted molar refractivity (Wildman–Crippen MR) is 60.1 cm³/mol. The van der Waals surface area contributed by atoms with Gasteiger partial charge >= 0.3 is 5.97 Å². The highest BCUT2D eigenvalue weighted by molar-refractivity contribution is 5.94. The Bertz CT molecular complexity index is 472. The Morgan fingerprint density at radius 2 is 2.38 bits per heavy atom. The molecule has 84 valence electrons. The summed E-state index contributed by atoms with van der Waals surface area (Å²) >= 11 is 0. The molecule has 16 heavy (non-hydrogen) atoms. The number of nitrogens with zero attached hydrogens (tertiary/aromatic N) is 2. The van der Waals surface area contributed by atoms with Crippen LogP contribution >= 0.6 is 0 Å². The van der Waals surface area contributed by atoms with Crippen LogP contribution in [0.4, 0.5) is 0 Å². The van der Waals surface area contributed by atoms with Crippen molar-refractivity contribution in [1.29, 1.82) is 0 Å². The van der Waals surface area contributed by atoms with Gasteiger partial charge in [-0.05, 0) is 26.2 Å². The molecule has 5 nitrogen and oxygen atoms in total. The minimum Gasteiger partial charge on any atom is -0.445 e. The molecular formula is C11H13N3O2. The standard InChI is InChI=1S/C11H13N3O2/c1-14(2)7-16-11(15)9-5-8-3-4-12-6-10(8)13-9/h3-6,13H,7H2,1-2H3. The lowest BCUT2D eigenvalue weighted by molar-refractivity contribution is 0.0314. The Labute approximate surface area is 93.0 Å². The third kappa shape index (κ3) is 2.20. The normalized spacial score (nSPS) is 10.9. The van der Waals surface area contributed by atoms with Gasteiger partial charge in [-0.25, -0.2) is 4.79 Å². The zero-order chi connectivity index (χ0) is 11.5. The lowest BCUT2D eigenvalue weighted by Crippen LogP contribution is -2.19. The van der Waals surface area contributed by atoms with Crippen molar-refractivity contribution < 1.29 is 9.53 Å². The number of hydrogen-bond acceptors (Lipinski definition) is 4. The molecule has 0 amide bonds. The molecule has 0 atom stereocenters. The number of esters is 1. The second-order valence-corrected chi connectivity index (χ2v) is 3.79. The summed E-state index contributed by atoms with van der Waals surface area (Å²) in [5, 5.41) is 0.951. The van der Waals surface area contributed by atoms with Crippen molar-refractivity contribution in [1.82, 2.24) is 14.9 Å². The van der Waals surface area contributed by atoms with E-state index >= 15 is 0 Å². The molecule has 0 aromatic carbocycles. The van der Waals surface area contributed by atoms with Crippen LogP contribution in [-0.2, 0) is 4.74 Å². The summed E-state index contributed by atoms with van der Waals surface area (Å²) in [6.07, 6.45) is 3.36. The van der Waals surface area contributed by atoms with E-state index in [1.165, 1.54) is 0 Å². The summed E-state index contributed by atoms with van der Waals surface area (Å²) in [4.78, 5) is 20.3. The smallest absolute Gasteiger partial charge is 0.356 e. The number of ether oxygens (including phenoxy) is 1. The molecule has 2 aromatic heterocycles. The number of fused-ring (bicyclic) bond motifs is 1. The summed E-state index contributed by atoms with van der Waals surface area (Å²) in [5.74, 6) is -0.357. The number of aromatic amines is 1. The molecule has 0 unspecified atom stereocenters. The summed E-state index contributed by atoms with van der Waals surface area (Å²) in [7, 11) is 3.67. The van der Waals surface area contributed by atoms with Crippen LogP contribution in [0, 0.1) is 0 Å². The first-order valence-electron chi connectivity index (χ1n) is 4.91. The number of rotatable bonds is 3. The lowest BCUT2D eigenvalue weighted by Gasteiger charge is -2.09. The van der Waals surface area contributed by atoms with Crippen LogP contribution in [0.5, 0.6) is 0 Å². The Morgan fingerprint density at radius 1 is 1.56 bits per heavy atom. The first-order valence-corrected chi connectivity index (χ1v) is 4.91. The molecule has 0 fully saturated rings. The number of carbonyl (C=O) groups is 1. The van der Waals surface area contributed by atoms with Crippen LogP contribution in [0.15, 0.2) is 24.5 Å². The molecular weight excluding hydrogens is 206 g/mol. The Morgan fingerprint density at radius 3 is 3.06 bits per heavy atom. The van der Waals surface area contributed by atoms with E-state index in [2.05, 4.69) is 9.97 Å². The van der Waals surface area contributed by atoms with Crippen molar-refractivity contribution >= 4 is 16.9 Å². The Hall–Kier alpha value is -1.88. The maximum absolute atomic E-state index is 11.6. The molecule has 0 saturated carbocycles. The molecule has 0 saturated heterocycles. The molecule has 1 N–H and O–H groups in total. The fourth-order valence-electron chi connectivity index (χ4n) is 1.35. The highest BCUT2D eigenvalue weighted by Crippen LogP contribution is 2.13. The summed E-state index contributed by atoms with van der Waals surface area (Å²) in [6.45, 7) is 0.270. The Kier molecular flexibility index (Phi) is 2.87. The number of H-pyrrole nitrogens is 1. The largest absolute Gasteiger partial charge is 0.445 e. The molecule has 0 radical (unpaired) electrons. The molecule has 0 spiro atoms. The van der Waals surface area contributed by atoms with Gasteiger partial charge in [0, 0.05) is 11.6 Å². The van der Waals surface area contributed by atoms with E-state index in [1.807, 2.05) is 20.2 Å². The zero-order valence-corrected chi connectivity index (χ0v) is 9.23. The van der Waals surface area contributed by atoms with Gasteiger partial charge in [-0.3, -0.25) is 9.88 Å². The van der Waals surface area contributed by atoms with Gasteiger partial charge in [-0.15, -0.1) is 0 Å². The van der Waals surface area contributed by atoms with Gasteiger partial charge in [0.05, 0.1) is 11.7 Å². The van der Waals surface area contributed by atoms with Gasteiger partial charge in [-0.2, -0.15) is 0 Å². The van der Waals surface area contributed by atoms with E-state index in [1.54, 1.807) is 23.4 Å². The first kappa shape index (κ1) is 10.6. The quantitative estimate of drug-likeness (QED) is 0.623. The van der Waals surface area contributed by atoms with Gasteiger partial charge in [0.25, 0.3) is 0 Å². The molecule has 5 heteroatoms. The third-order valence-electron chi connectivity index (χ3n) is 2.10. The monoisotopic (exact) mass is 219 g/mol. The molecule has 2 rings (SSSR count). The number of nitrogens with one attached hydrogen (secondary N) is 1. The van der Waals surface area contributed by atoms with Crippen molar-refractivity contribution in [2.75, 3.05) is 20.8 Å². The van der Waals surface area contributed by atoms with E-state index < -0.39 is 0 Å². The van der Waals surface area contributed by atoms with Crippen molar-refractivity contribution in [3.63, 3.8) is 0 Å². The van der Waals surface area contributed by atoms with Crippen molar-refractivity contribution in [3.05, 3.63) is 30.2 Å². The van der Waals surface area contributed by atoms with Crippen LogP contribution in [0.1, 0.15) is 10.5 Å². The number of carbonyl (C=O) groups excluding carboxylic acids is 1.